The molecule has 0 bridgehead atoms. The first-order valence-electron chi connectivity index (χ1n) is 8.79. The van der Waals surface area contributed by atoms with Gasteiger partial charge in [0.05, 0.1) is 13.0 Å². The van der Waals surface area contributed by atoms with Crippen molar-refractivity contribution in [1.29, 1.82) is 0 Å². The molecule has 2 rings (SSSR count). The molecule has 2 atom stereocenters. The van der Waals surface area contributed by atoms with Crippen molar-refractivity contribution in [3.05, 3.63) is 35.7 Å². The monoisotopic (exact) mass is 395 g/mol. The lowest BCUT2D eigenvalue weighted by Crippen LogP contribution is -2.33. The van der Waals surface area contributed by atoms with Gasteiger partial charge in [0.1, 0.15) is 11.8 Å². The predicted molar refractivity (Wildman–Crippen MR) is 99.1 cm³/mol. The van der Waals surface area contributed by atoms with Gasteiger partial charge >= 0.3 is 5.22 Å². The minimum Gasteiger partial charge on any atom is -0.494 e. The number of sulfone groups is 1. The maximum absolute atomic E-state index is 12.5. The van der Waals surface area contributed by atoms with Crippen molar-refractivity contribution in [1.82, 2.24) is 15.5 Å². The molecule has 1 amide bonds. The molecule has 1 aromatic heterocycles. The van der Waals surface area contributed by atoms with Gasteiger partial charge in [0.25, 0.3) is 0 Å². The standard InChI is InChI=1S/C18H25N3O5S/c1-5-12(3)16(17-20-21-18(26-17)27(4,23)24)19-15(22)11-13-7-9-14(10-8-13)25-6-2/h7-10,12,16H,5-6,11H2,1-4H3,(H,19,22)/t12-,16+/m1/s1. The van der Waals surface area contributed by atoms with Crippen LogP contribution in [0.3, 0.4) is 0 Å². The molecular weight excluding hydrogens is 370 g/mol. The zero-order valence-corrected chi connectivity index (χ0v) is 16.7. The first-order chi connectivity index (χ1) is 12.7. The summed E-state index contributed by atoms with van der Waals surface area (Å²) < 4.78 is 33.8. The molecule has 0 unspecified atom stereocenters. The normalized spacial score (nSPS) is 13.8. The summed E-state index contributed by atoms with van der Waals surface area (Å²) in [7, 11) is -3.60. The van der Waals surface area contributed by atoms with E-state index in [1.165, 1.54) is 0 Å². The highest BCUT2D eigenvalue weighted by molar-refractivity contribution is 7.90. The molecule has 0 spiro atoms. The summed E-state index contributed by atoms with van der Waals surface area (Å²) in [5, 5.41) is 9.81. The van der Waals surface area contributed by atoms with Crippen LogP contribution in [0.2, 0.25) is 0 Å². The number of carbonyl (C=O) groups excluding carboxylic acids is 1. The van der Waals surface area contributed by atoms with Crippen molar-refractivity contribution in [3.8, 4) is 5.75 Å². The minimum absolute atomic E-state index is 0.0119. The second-order valence-corrected chi connectivity index (χ2v) is 8.26. The van der Waals surface area contributed by atoms with Gasteiger partial charge in [-0.3, -0.25) is 4.79 Å². The van der Waals surface area contributed by atoms with Crippen molar-refractivity contribution in [3.63, 3.8) is 0 Å². The summed E-state index contributed by atoms with van der Waals surface area (Å²) in [6, 6.07) is 6.73. The quantitative estimate of drug-likeness (QED) is 0.693. The average molecular weight is 395 g/mol. The number of hydrogen-bond acceptors (Lipinski definition) is 7. The van der Waals surface area contributed by atoms with Crippen LogP contribution < -0.4 is 10.1 Å². The van der Waals surface area contributed by atoms with Gasteiger partial charge in [-0.15, -0.1) is 5.10 Å². The van der Waals surface area contributed by atoms with E-state index in [-0.39, 0.29) is 24.1 Å². The molecule has 0 aliphatic rings. The maximum atomic E-state index is 12.5. The van der Waals surface area contributed by atoms with E-state index in [1.807, 2.05) is 45.0 Å². The number of amides is 1. The SMILES string of the molecule is CCOc1ccc(CC(=O)N[C@H](c2nnc(S(C)(=O)=O)o2)[C@H](C)CC)cc1. The fourth-order valence-electron chi connectivity index (χ4n) is 2.46. The Morgan fingerprint density at radius 2 is 1.89 bits per heavy atom. The molecule has 0 radical (unpaired) electrons. The van der Waals surface area contributed by atoms with Crippen molar-refractivity contribution < 1.29 is 22.4 Å². The summed E-state index contributed by atoms with van der Waals surface area (Å²) in [5.41, 5.74) is 0.834. The topological polar surface area (TPSA) is 111 Å². The molecule has 9 heteroatoms. The van der Waals surface area contributed by atoms with Crippen LogP contribution in [0.4, 0.5) is 0 Å². The smallest absolute Gasteiger partial charge is 0.335 e. The Labute approximate surface area is 159 Å². The van der Waals surface area contributed by atoms with E-state index in [0.717, 1.165) is 24.0 Å². The van der Waals surface area contributed by atoms with Crippen LogP contribution in [-0.2, 0) is 21.1 Å². The molecule has 8 nitrogen and oxygen atoms in total. The molecular formula is C18H25N3O5S. The largest absolute Gasteiger partial charge is 0.494 e. The summed E-state index contributed by atoms with van der Waals surface area (Å²) in [6.07, 6.45) is 1.91. The first-order valence-corrected chi connectivity index (χ1v) is 10.7. The summed E-state index contributed by atoms with van der Waals surface area (Å²) in [5.74, 6) is 0.605. The number of rotatable bonds is 9. The Balaban J connectivity index is 2.11. The number of hydrogen-bond donors (Lipinski definition) is 1. The van der Waals surface area contributed by atoms with E-state index in [0.29, 0.717) is 6.61 Å². The molecule has 0 saturated carbocycles. The van der Waals surface area contributed by atoms with Gasteiger partial charge in [-0.05, 0) is 30.5 Å². The maximum Gasteiger partial charge on any atom is 0.335 e. The van der Waals surface area contributed by atoms with Gasteiger partial charge in [0.2, 0.25) is 21.6 Å². The third kappa shape index (κ3) is 5.78. The van der Waals surface area contributed by atoms with E-state index in [1.54, 1.807) is 0 Å². The Hall–Kier alpha value is -2.42. The van der Waals surface area contributed by atoms with Crippen LogP contribution in [0.15, 0.2) is 33.9 Å². The Morgan fingerprint density at radius 3 is 2.41 bits per heavy atom. The highest BCUT2D eigenvalue weighted by Crippen LogP contribution is 2.24. The minimum atomic E-state index is -3.60. The molecule has 0 aliphatic heterocycles. The summed E-state index contributed by atoms with van der Waals surface area (Å²) >= 11 is 0. The highest BCUT2D eigenvalue weighted by Gasteiger charge is 2.28. The van der Waals surface area contributed by atoms with Gasteiger partial charge < -0.3 is 14.5 Å². The molecule has 0 aliphatic carbocycles. The van der Waals surface area contributed by atoms with E-state index in [4.69, 9.17) is 9.15 Å². The molecule has 2 aromatic rings. The fourth-order valence-corrected chi connectivity index (χ4v) is 2.88. The van der Waals surface area contributed by atoms with Crippen molar-refractivity contribution in [2.24, 2.45) is 5.92 Å². The number of benzene rings is 1. The Bertz CT molecular complexity index is 861. The number of nitrogens with one attached hydrogen (secondary N) is 1. The van der Waals surface area contributed by atoms with Gasteiger partial charge in [-0.2, -0.15) is 0 Å². The zero-order valence-electron chi connectivity index (χ0n) is 15.9. The lowest BCUT2D eigenvalue weighted by molar-refractivity contribution is -0.121. The van der Waals surface area contributed by atoms with E-state index < -0.39 is 21.1 Å². The van der Waals surface area contributed by atoms with Crippen LogP contribution in [0.25, 0.3) is 0 Å². The molecule has 1 heterocycles. The molecule has 0 fully saturated rings. The molecule has 0 saturated heterocycles. The summed E-state index contributed by atoms with van der Waals surface area (Å²) in [6.45, 7) is 6.37. The number of carbonyl (C=O) groups is 1. The van der Waals surface area contributed by atoms with E-state index in [9.17, 15) is 13.2 Å². The molecule has 148 valence electrons. The lowest BCUT2D eigenvalue weighted by atomic mass is 9.98. The number of ether oxygens (including phenoxy) is 1. The second-order valence-electron chi connectivity index (χ2n) is 6.36. The molecule has 1 aromatic carbocycles. The van der Waals surface area contributed by atoms with Gasteiger partial charge in [-0.1, -0.05) is 37.5 Å². The molecule has 27 heavy (non-hydrogen) atoms. The van der Waals surface area contributed by atoms with Crippen LogP contribution in [0.1, 0.15) is 44.7 Å². The van der Waals surface area contributed by atoms with E-state index in [2.05, 4.69) is 15.5 Å². The second kappa shape index (κ2) is 8.98. The Kier molecular flexibility index (Phi) is 6.95. The fraction of sp³-hybridized carbons (Fsp3) is 0.500. The number of nitrogens with zero attached hydrogens (tertiary/aromatic N) is 2. The Morgan fingerprint density at radius 1 is 1.22 bits per heavy atom. The van der Waals surface area contributed by atoms with Gasteiger partial charge in [0, 0.05) is 6.26 Å². The van der Waals surface area contributed by atoms with Gasteiger partial charge in [0.15, 0.2) is 0 Å². The van der Waals surface area contributed by atoms with Crippen molar-refractivity contribution in [2.45, 2.75) is 44.9 Å². The third-order valence-corrected chi connectivity index (χ3v) is 4.93. The average Bonchev–Trinajstić information content (AvgIpc) is 3.11. The predicted octanol–water partition coefficient (Wildman–Crippen LogP) is 2.32. The number of aromatic nitrogens is 2. The van der Waals surface area contributed by atoms with Gasteiger partial charge in [-0.25, -0.2) is 8.42 Å². The lowest BCUT2D eigenvalue weighted by Gasteiger charge is -2.21. The van der Waals surface area contributed by atoms with Crippen LogP contribution in [-0.4, -0.2) is 37.4 Å². The van der Waals surface area contributed by atoms with Crippen molar-refractivity contribution in [2.75, 3.05) is 12.9 Å². The molecule has 1 N–H and O–H groups in total. The highest BCUT2D eigenvalue weighted by atomic mass is 32.2. The third-order valence-electron chi connectivity index (χ3n) is 4.13. The zero-order chi connectivity index (χ0) is 20.0. The summed E-state index contributed by atoms with van der Waals surface area (Å²) in [4.78, 5) is 12.5. The first kappa shape index (κ1) is 20.9. The van der Waals surface area contributed by atoms with Crippen LogP contribution in [0.5, 0.6) is 5.75 Å². The van der Waals surface area contributed by atoms with Crippen molar-refractivity contribution >= 4 is 15.7 Å². The van der Waals surface area contributed by atoms with Crippen LogP contribution in [0, 0.1) is 5.92 Å². The van der Waals surface area contributed by atoms with Crippen LogP contribution >= 0.6 is 0 Å². The van der Waals surface area contributed by atoms with E-state index >= 15 is 0 Å².